The molecule has 0 aromatic rings. The minimum atomic E-state index is 0. The van der Waals surface area contributed by atoms with Gasteiger partial charge in [-0.15, -0.1) is 12.4 Å². The quantitative estimate of drug-likeness (QED) is 0.416. The van der Waals surface area contributed by atoms with Crippen molar-refractivity contribution in [2.45, 2.75) is 13.8 Å². The molecule has 0 spiro atoms. The van der Waals surface area contributed by atoms with Crippen molar-refractivity contribution in [3.63, 3.8) is 0 Å². The zero-order valence-corrected chi connectivity index (χ0v) is 5.59. The molecule has 0 saturated carbocycles. The summed E-state index contributed by atoms with van der Waals surface area (Å²) in [5.41, 5.74) is 2.57. The van der Waals surface area contributed by atoms with E-state index < -0.39 is 0 Å². The fourth-order valence-electron chi connectivity index (χ4n) is 0.236. The molecule has 0 bridgehead atoms. The minimum Gasteiger partial charge on any atom is -0.271 e. The van der Waals surface area contributed by atoms with Gasteiger partial charge in [0.2, 0.25) is 0 Å². The second kappa shape index (κ2) is 6.21. The highest BCUT2D eigenvalue weighted by Crippen LogP contribution is 1.83. The first-order valence-electron chi connectivity index (χ1n) is 2.21. The SMILES string of the molecule is CC(C)CNN.Cl. The number of hydrazine groups is 1. The summed E-state index contributed by atoms with van der Waals surface area (Å²) < 4.78 is 0. The number of halogens is 1. The van der Waals surface area contributed by atoms with Crippen LogP contribution in [0.15, 0.2) is 0 Å². The third-order valence-corrected chi connectivity index (χ3v) is 0.526. The number of hydrogen-bond donors (Lipinski definition) is 2. The fourth-order valence-corrected chi connectivity index (χ4v) is 0.236. The second-order valence-electron chi connectivity index (χ2n) is 1.80. The molecule has 0 heterocycles. The van der Waals surface area contributed by atoms with E-state index in [1.54, 1.807) is 0 Å². The summed E-state index contributed by atoms with van der Waals surface area (Å²) in [5.74, 6) is 5.64. The predicted octanol–water partition coefficient (Wildman–Crippen LogP) is 0.528. The van der Waals surface area contributed by atoms with Crippen molar-refractivity contribution in [3.05, 3.63) is 0 Å². The summed E-state index contributed by atoms with van der Waals surface area (Å²) in [6.45, 7) is 5.12. The highest BCUT2D eigenvalue weighted by molar-refractivity contribution is 5.85. The largest absolute Gasteiger partial charge is 0.271 e. The molecule has 7 heavy (non-hydrogen) atoms. The molecule has 0 unspecified atom stereocenters. The van der Waals surface area contributed by atoms with Crippen LogP contribution in [0.1, 0.15) is 13.8 Å². The summed E-state index contributed by atoms with van der Waals surface area (Å²) >= 11 is 0. The molecule has 0 aliphatic heterocycles. The second-order valence-corrected chi connectivity index (χ2v) is 1.80. The minimum absolute atomic E-state index is 0. The van der Waals surface area contributed by atoms with E-state index in [9.17, 15) is 0 Å². The molecule has 0 fully saturated rings. The van der Waals surface area contributed by atoms with Crippen LogP contribution in [-0.2, 0) is 0 Å². The van der Waals surface area contributed by atoms with Crippen LogP contribution in [0.25, 0.3) is 0 Å². The van der Waals surface area contributed by atoms with Gasteiger partial charge in [-0.05, 0) is 5.92 Å². The normalized spacial score (nSPS) is 8.57. The lowest BCUT2D eigenvalue weighted by atomic mass is 10.2. The Morgan fingerprint density at radius 1 is 1.57 bits per heavy atom. The maximum absolute atomic E-state index is 4.98. The van der Waals surface area contributed by atoms with Crippen LogP contribution in [-0.4, -0.2) is 6.54 Å². The summed E-state index contributed by atoms with van der Waals surface area (Å²) in [6, 6.07) is 0. The Labute approximate surface area is 50.8 Å². The molecule has 46 valence electrons. The Kier molecular flexibility index (Phi) is 9.09. The molecule has 0 aliphatic rings. The van der Waals surface area contributed by atoms with Gasteiger partial charge in [0, 0.05) is 6.54 Å². The van der Waals surface area contributed by atoms with E-state index in [2.05, 4.69) is 19.3 Å². The van der Waals surface area contributed by atoms with Crippen LogP contribution in [0.5, 0.6) is 0 Å². The maximum Gasteiger partial charge on any atom is 0.0120 e. The van der Waals surface area contributed by atoms with Crippen molar-refractivity contribution >= 4 is 12.4 Å². The van der Waals surface area contributed by atoms with Gasteiger partial charge in [0.25, 0.3) is 0 Å². The number of hydrogen-bond acceptors (Lipinski definition) is 2. The van der Waals surface area contributed by atoms with E-state index in [1.807, 2.05) is 0 Å². The number of nitrogens with one attached hydrogen (secondary N) is 1. The van der Waals surface area contributed by atoms with Crippen molar-refractivity contribution in [2.24, 2.45) is 11.8 Å². The van der Waals surface area contributed by atoms with Gasteiger partial charge in [-0.25, -0.2) is 0 Å². The molecule has 0 aromatic carbocycles. The Morgan fingerprint density at radius 2 is 2.00 bits per heavy atom. The zero-order valence-electron chi connectivity index (χ0n) is 4.77. The van der Waals surface area contributed by atoms with Gasteiger partial charge in [-0.1, -0.05) is 13.8 Å². The van der Waals surface area contributed by atoms with Gasteiger partial charge in [-0.2, -0.15) is 0 Å². The molecule has 0 atom stereocenters. The smallest absolute Gasteiger partial charge is 0.0120 e. The zero-order chi connectivity index (χ0) is 4.99. The summed E-state index contributed by atoms with van der Waals surface area (Å²) in [5, 5.41) is 0. The number of rotatable bonds is 2. The maximum atomic E-state index is 4.98. The first-order valence-corrected chi connectivity index (χ1v) is 2.21. The van der Waals surface area contributed by atoms with Crippen LogP contribution in [0.2, 0.25) is 0 Å². The molecule has 0 amide bonds. The van der Waals surface area contributed by atoms with Gasteiger partial charge >= 0.3 is 0 Å². The Bertz CT molecular complexity index is 30.9. The average molecular weight is 125 g/mol. The average Bonchev–Trinajstić information content (AvgIpc) is 1.35. The predicted molar refractivity (Wildman–Crippen MR) is 34.3 cm³/mol. The molecule has 3 heteroatoms. The van der Waals surface area contributed by atoms with E-state index in [1.165, 1.54) is 0 Å². The van der Waals surface area contributed by atoms with Crippen LogP contribution < -0.4 is 11.3 Å². The molecular formula is C4H13ClN2. The monoisotopic (exact) mass is 124 g/mol. The molecule has 0 aromatic heterocycles. The van der Waals surface area contributed by atoms with Gasteiger partial charge in [0.1, 0.15) is 0 Å². The highest BCUT2D eigenvalue weighted by atomic mass is 35.5. The fraction of sp³-hybridized carbons (Fsp3) is 1.00. The standard InChI is InChI=1S/C4H12N2.ClH/c1-4(2)3-6-5;/h4,6H,3,5H2,1-2H3;1H. The lowest BCUT2D eigenvalue weighted by Gasteiger charge is -1.98. The molecule has 2 nitrogen and oxygen atoms in total. The van der Waals surface area contributed by atoms with Crippen molar-refractivity contribution < 1.29 is 0 Å². The van der Waals surface area contributed by atoms with Gasteiger partial charge in [-0.3, -0.25) is 11.3 Å². The summed E-state index contributed by atoms with van der Waals surface area (Å²) in [4.78, 5) is 0. The van der Waals surface area contributed by atoms with Gasteiger partial charge < -0.3 is 0 Å². The first-order chi connectivity index (χ1) is 2.77. The van der Waals surface area contributed by atoms with Gasteiger partial charge in [0.05, 0.1) is 0 Å². The van der Waals surface area contributed by atoms with Crippen LogP contribution in [0.4, 0.5) is 0 Å². The first kappa shape index (κ1) is 10.2. The topological polar surface area (TPSA) is 38.0 Å². The lowest BCUT2D eigenvalue weighted by Crippen LogP contribution is -2.26. The van der Waals surface area contributed by atoms with Crippen LogP contribution in [0, 0.1) is 5.92 Å². The van der Waals surface area contributed by atoms with Gasteiger partial charge in [0.15, 0.2) is 0 Å². The van der Waals surface area contributed by atoms with Crippen LogP contribution >= 0.6 is 12.4 Å². The Hall–Kier alpha value is 0.210. The molecule has 0 radical (unpaired) electrons. The highest BCUT2D eigenvalue weighted by Gasteiger charge is 1.84. The van der Waals surface area contributed by atoms with Crippen molar-refractivity contribution in [3.8, 4) is 0 Å². The van der Waals surface area contributed by atoms with Crippen molar-refractivity contribution in [1.82, 2.24) is 5.43 Å². The van der Waals surface area contributed by atoms with E-state index >= 15 is 0 Å². The summed E-state index contributed by atoms with van der Waals surface area (Å²) in [6.07, 6.45) is 0. The number of nitrogens with two attached hydrogens (primary N) is 1. The lowest BCUT2D eigenvalue weighted by molar-refractivity contribution is 0.568. The van der Waals surface area contributed by atoms with Crippen LogP contribution in [0.3, 0.4) is 0 Å². The third kappa shape index (κ3) is 10.7. The van der Waals surface area contributed by atoms with E-state index in [-0.39, 0.29) is 12.4 Å². The Balaban J connectivity index is 0. The Morgan fingerprint density at radius 3 is 2.00 bits per heavy atom. The van der Waals surface area contributed by atoms with E-state index in [0.29, 0.717) is 5.92 Å². The molecular weight excluding hydrogens is 112 g/mol. The molecule has 3 N–H and O–H groups in total. The van der Waals surface area contributed by atoms with Crippen molar-refractivity contribution in [1.29, 1.82) is 0 Å². The van der Waals surface area contributed by atoms with E-state index in [4.69, 9.17) is 5.84 Å². The summed E-state index contributed by atoms with van der Waals surface area (Å²) in [7, 11) is 0. The molecule has 0 aliphatic carbocycles. The van der Waals surface area contributed by atoms with E-state index in [0.717, 1.165) is 6.54 Å². The molecule has 0 rings (SSSR count). The molecule has 0 saturated heterocycles. The van der Waals surface area contributed by atoms with Crippen molar-refractivity contribution in [2.75, 3.05) is 6.54 Å². The third-order valence-electron chi connectivity index (χ3n) is 0.526.